The molecule has 1 aromatic heterocycles. The van der Waals surface area contributed by atoms with Crippen molar-refractivity contribution in [2.24, 2.45) is 29.4 Å². The molecule has 1 heterocycles. The molecule has 4 rings (SSSR count). The molecule has 0 aromatic carbocycles. The third-order valence-corrected chi connectivity index (χ3v) is 7.79. The van der Waals surface area contributed by atoms with Crippen LogP contribution in [0.4, 0.5) is 5.00 Å². The highest BCUT2D eigenvalue weighted by atomic mass is 32.1. The predicted octanol–water partition coefficient (Wildman–Crippen LogP) is 4.13. The second-order valence-electron chi connectivity index (χ2n) is 8.24. The molecular weight excluding hydrogens is 332 g/mol. The lowest BCUT2D eigenvalue weighted by Gasteiger charge is -2.21. The molecule has 4 atom stereocenters. The van der Waals surface area contributed by atoms with Gasteiger partial charge in [-0.2, -0.15) is 0 Å². The molecule has 1 aromatic rings. The van der Waals surface area contributed by atoms with Crippen LogP contribution in [0.3, 0.4) is 0 Å². The number of rotatable bonds is 5. The number of hydrogen-bond donors (Lipinski definition) is 2. The SMILES string of the molecule is CCC[C@@H]1CCc2c(sc(NC(=O)[C@@H]3C[C@H]4CC[C@H]3C4)c2C(N)=O)C1. The summed E-state index contributed by atoms with van der Waals surface area (Å²) in [6, 6.07) is 0. The monoisotopic (exact) mass is 360 g/mol. The molecule has 2 amide bonds. The lowest BCUT2D eigenvalue weighted by molar-refractivity contribution is -0.121. The van der Waals surface area contributed by atoms with Crippen molar-refractivity contribution < 1.29 is 9.59 Å². The van der Waals surface area contributed by atoms with Gasteiger partial charge in [0.1, 0.15) is 5.00 Å². The fourth-order valence-electron chi connectivity index (χ4n) is 5.43. The summed E-state index contributed by atoms with van der Waals surface area (Å²) in [5.74, 6) is 1.83. The molecule has 2 bridgehead atoms. The Morgan fingerprint density at radius 3 is 2.72 bits per heavy atom. The third-order valence-electron chi connectivity index (χ3n) is 6.62. The van der Waals surface area contributed by atoms with Gasteiger partial charge in [0.05, 0.1) is 5.56 Å². The molecule has 0 radical (unpaired) electrons. The van der Waals surface area contributed by atoms with E-state index < -0.39 is 5.91 Å². The van der Waals surface area contributed by atoms with Crippen LogP contribution in [0.1, 0.15) is 72.7 Å². The summed E-state index contributed by atoms with van der Waals surface area (Å²) in [6.45, 7) is 2.22. The summed E-state index contributed by atoms with van der Waals surface area (Å²) in [7, 11) is 0. The molecule has 0 spiro atoms. The van der Waals surface area contributed by atoms with Crippen LogP contribution in [0, 0.1) is 23.7 Å². The smallest absolute Gasteiger partial charge is 0.251 e. The lowest BCUT2D eigenvalue weighted by Crippen LogP contribution is -2.28. The normalized spacial score (nSPS) is 30.3. The number of carbonyl (C=O) groups is 2. The van der Waals surface area contributed by atoms with Crippen LogP contribution >= 0.6 is 11.3 Å². The first-order valence-electron chi connectivity index (χ1n) is 9.82. The lowest BCUT2D eigenvalue weighted by atomic mass is 9.84. The number of primary amides is 1. The van der Waals surface area contributed by atoms with Crippen molar-refractivity contribution in [2.75, 3.05) is 5.32 Å². The van der Waals surface area contributed by atoms with Crippen molar-refractivity contribution in [3.63, 3.8) is 0 Å². The fraction of sp³-hybridized carbons (Fsp3) is 0.700. The van der Waals surface area contributed by atoms with E-state index in [1.807, 2.05) is 0 Å². The summed E-state index contributed by atoms with van der Waals surface area (Å²) < 4.78 is 0. The zero-order chi connectivity index (χ0) is 17.6. The van der Waals surface area contributed by atoms with Crippen molar-refractivity contribution in [2.45, 2.75) is 64.7 Å². The van der Waals surface area contributed by atoms with Gasteiger partial charge in [-0.15, -0.1) is 11.3 Å². The summed E-state index contributed by atoms with van der Waals surface area (Å²) in [6.07, 6.45) is 10.2. The van der Waals surface area contributed by atoms with E-state index in [1.54, 1.807) is 11.3 Å². The third kappa shape index (κ3) is 3.12. The van der Waals surface area contributed by atoms with Crippen LogP contribution in [0.15, 0.2) is 0 Å². The average molecular weight is 361 g/mol. The van der Waals surface area contributed by atoms with E-state index in [9.17, 15) is 9.59 Å². The summed E-state index contributed by atoms with van der Waals surface area (Å²) >= 11 is 1.59. The van der Waals surface area contributed by atoms with E-state index in [0.29, 0.717) is 22.4 Å². The molecule has 0 aliphatic heterocycles. The number of thiophene rings is 1. The van der Waals surface area contributed by atoms with Gasteiger partial charge in [0.15, 0.2) is 0 Å². The van der Waals surface area contributed by atoms with Gasteiger partial charge < -0.3 is 11.1 Å². The highest BCUT2D eigenvalue weighted by Crippen LogP contribution is 2.49. The Kier molecular flexibility index (Phi) is 4.61. The Morgan fingerprint density at radius 2 is 2.08 bits per heavy atom. The van der Waals surface area contributed by atoms with E-state index in [4.69, 9.17) is 5.73 Å². The molecule has 136 valence electrons. The van der Waals surface area contributed by atoms with Crippen LogP contribution in [0.2, 0.25) is 0 Å². The van der Waals surface area contributed by atoms with Crippen LogP contribution in [-0.2, 0) is 17.6 Å². The maximum atomic E-state index is 12.8. The van der Waals surface area contributed by atoms with Crippen LogP contribution in [0.25, 0.3) is 0 Å². The minimum absolute atomic E-state index is 0.110. The van der Waals surface area contributed by atoms with Gasteiger partial charge in [-0.3, -0.25) is 9.59 Å². The Labute approximate surface area is 153 Å². The zero-order valence-corrected chi connectivity index (χ0v) is 15.8. The summed E-state index contributed by atoms with van der Waals surface area (Å²) in [4.78, 5) is 26.1. The van der Waals surface area contributed by atoms with Crippen molar-refractivity contribution in [1.29, 1.82) is 0 Å². The Balaban J connectivity index is 1.55. The van der Waals surface area contributed by atoms with Gasteiger partial charge >= 0.3 is 0 Å². The quantitative estimate of drug-likeness (QED) is 0.829. The Hall–Kier alpha value is -1.36. The molecule has 25 heavy (non-hydrogen) atoms. The topological polar surface area (TPSA) is 72.2 Å². The summed E-state index contributed by atoms with van der Waals surface area (Å²) in [5, 5.41) is 3.81. The molecule has 5 heteroatoms. The van der Waals surface area contributed by atoms with Gasteiger partial charge in [-0.05, 0) is 61.8 Å². The molecule has 3 N–H and O–H groups in total. The van der Waals surface area contributed by atoms with Crippen molar-refractivity contribution >= 4 is 28.2 Å². The predicted molar refractivity (Wildman–Crippen MR) is 101 cm³/mol. The molecule has 2 saturated carbocycles. The van der Waals surface area contributed by atoms with E-state index in [2.05, 4.69) is 12.2 Å². The second kappa shape index (κ2) is 6.75. The zero-order valence-electron chi connectivity index (χ0n) is 15.0. The number of nitrogens with one attached hydrogen (secondary N) is 1. The largest absolute Gasteiger partial charge is 0.365 e. The van der Waals surface area contributed by atoms with Crippen molar-refractivity contribution in [3.8, 4) is 0 Å². The maximum Gasteiger partial charge on any atom is 0.251 e. The van der Waals surface area contributed by atoms with Crippen LogP contribution in [0.5, 0.6) is 0 Å². The number of hydrogen-bond acceptors (Lipinski definition) is 3. The minimum atomic E-state index is -0.394. The number of carbonyl (C=O) groups excluding carboxylic acids is 2. The molecule has 3 aliphatic carbocycles. The maximum absolute atomic E-state index is 12.8. The van der Waals surface area contributed by atoms with E-state index in [-0.39, 0.29) is 11.8 Å². The van der Waals surface area contributed by atoms with E-state index in [1.165, 1.54) is 37.0 Å². The number of nitrogens with two attached hydrogens (primary N) is 1. The van der Waals surface area contributed by atoms with Crippen LogP contribution < -0.4 is 11.1 Å². The van der Waals surface area contributed by atoms with Gasteiger partial charge in [0.2, 0.25) is 5.91 Å². The van der Waals surface area contributed by atoms with Crippen LogP contribution in [-0.4, -0.2) is 11.8 Å². The number of anilines is 1. The molecule has 0 unspecified atom stereocenters. The molecular formula is C20H28N2O2S. The fourth-order valence-corrected chi connectivity index (χ4v) is 6.80. The molecule has 4 nitrogen and oxygen atoms in total. The highest BCUT2D eigenvalue weighted by Gasteiger charge is 2.43. The Morgan fingerprint density at radius 1 is 1.24 bits per heavy atom. The van der Waals surface area contributed by atoms with Crippen molar-refractivity contribution in [1.82, 2.24) is 0 Å². The first-order valence-corrected chi connectivity index (χ1v) is 10.6. The molecule has 0 saturated heterocycles. The molecule has 3 aliphatic rings. The van der Waals surface area contributed by atoms with Crippen molar-refractivity contribution in [3.05, 3.63) is 16.0 Å². The number of fused-ring (bicyclic) bond motifs is 3. The highest BCUT2D eigenvalue weighted by molar-refractivity contribution is 7.17. The number of amides is 2. The average Bonchev–Trinajstić information content (AvgIpc) is 3.27. The van der Waals surface area contributed by atoms with E-state index >= 15 is 0 Å². The van der Waals surface area contributed by atoms with Gasteiger partial charge in [-0.1, -0.05) is 26.2 Å². The summed E-state index contributed by atoms with van der Waals surface area (Å²) in [5.41, 5.74) is 7.38. The minimum Gasteiger partial charge on any atom is -0.365 e. The van der Waals surface area contributed by atoms with Gasteiger partial charge in [0.25, 0.3) is 5.91 Å². The standard InChI is InChI=1S/C20H28N2O2S/c1-2-3-11-5-7-14-16(10-11)25-20(17(14)18(21)23)22-19(24)15-9-12-4-6-13(15)8-12/h11-13,15H,2-10H2,1H3,(H2,21,23)(H,22,24)/t11-,12+,13+,15-/m1/s1. The second-order valence-corrected chi connectivity index (χ2v) is 9.35. The van der Waals surface area contributed by atoms with E-state index in [0.717, 1.165) is 37.2 Å². The van der Waals surface area contributed by atoms with Gasteiger partial charge in [0, 0.05) is 10.8 Å². The molecule has 2 fully saturated rings. The first kappa shape index (κ1) is 17.1. The first-order chi connectivity index (χ1) is 12.1. The van der Waals surface area contributed by atoms with Gasteiger partial charge in [-0.25, -0.2) is 0 Å². The Bertz CT molecular complexity index is 696.